The Labute approximate surface area is 187 Å². The van der Waals surface area contributed by atoms with Gasteiger partial charge in [-0.3, -0.25) is 0 Å². The quantitative estimate of drug-likeness (QED) is 0.596. The predicted octanol–water partition coefficient (Wildman–Crippen LogP) is 3.28. The molecule has 0 spiro atoms. The van der Waals surface area contributed by atoms with Gasteiger partial charge in [-0.2, -0.15) is 0 Å². The molecule has 2 aliphatic rings. The Hall–Kier alpha value is -1.22. The summed E-state index contributed by atoms with van der Waals surface area (Å²) in [6, 6.07) is 1.97. The van der Waals surface area contributed by atoms with Crippen LogP contribution in [0.4, 0.5) is 0 Å². The number of pyridine rings is 1. The summed E-state index contributed by atoms with van der Waals surface area (Å²) in [4.78, 5) is 4.45. The van der Waals surface area contributed by atoms with E-state index in [2.05, 4.69) is 28.0 Å². The van der Waals surface area contributed by atoms with Gasteiger partial charge in [0.15, 0.2) is 0 Å². The number of ether oxygens (including phenoxy) is 2. The first-order valence-electron chi connectivity index (χ1n) is 11.8. The van der Waals surface area contributed by atoms with Crippen molar-refractivity contribution in [1.82, 2.24) is 15.0 Å². The van der Waals surface area contributed by atoms with Gasteiger partial charge in [0.1, 0.15) is 0 Å². The van der Waals surface area contributed by atoms with E-state index in [0.717, 1.165) is 50.9 Å². The molecular formula is C23H39N3O4S. The molecule has 2 fully saturated rings. The topological polar surface area (TPSA) is 89.6 Å². The summed E-state index contributed by atoms with van der Waals surface area (Å²) in [5.74, 6) is 1.23. The molecule has 8 heteroatoms. The minimum Gasteiger partial charge on any atom is -0.478 e. The van der Waals surface area contributed by atoms with Gasteiger partial charge in [0, 0.05) is 23.8 Å². The van der Waals surface area contributed by atoms with Gasteiger partial charge in [0.05, 0.1) is 24.6 Å². The van der Waals surface area contributed by atoms with E-state index in [-0.39, 0.29) is 18.2 Å². The maximum absolute atomic E-state index is 12.3. The molecule has 1 saturated heterocycles. The zero-order chi connectivity index (χ0) is 22.4. The third-order valence-electron chi connectivity index (χ3n) is 6.57. The third kappa shape index (κ3) is 6.40. The van der Waals surface area contributed by atoms with Crippen LogP contribution in [0.5, 0.6) is 5.88 Å². The zero-order valence-corrected chi connectivity index (χ0v) is 20.2. The lowest BCUT2D eigenvalue weighted by atomic mass is 9.81. The summed E-state index contributed by atoms with van der Waals surface area (Å²) in [6.07, 6.45) is 7.96. The molecule has 0 radical (unpaired) electrons. The smallest absolute Gasteiger partial charge is 0.217 e. The molecule has 2 heterocycles. The highest BCUT2D eigenvalue weighted by Crippen LogP contribution is 2.39. The Balaban J connectivity index is 1.53. The molecule has 2 atom stereocenters. The molecule has 0 unspecified atom stereocenters. The summed E-state index contributed by atoms with van der Waals surface area (Å²) in [5.41, 5.74) is 2.49. The van der Waals surface area contributed by atoms with Crippen LogP contribution in [-0.2, 0) is 14.8 Å². The fourth-order valence-corrected chi connectivity index (χ4v) is 5.64. The molecule has 1 aliphatic heterocycles. The normalized spacial score (nSPS) is 27.4. The predicted molar refractivity (Wildman–Crippen MR) is 123 cm³/mol. The molecule has 0 aromatic carbocycles. The van der Waals surface area contributed by atoms with Gasteiger partial charge in [-0.25, -0.2) is 18.1 Å². The van der Waals surface area contributed by atoms with E-state index in [9.17, 15) is 8.42 Å². The lowest BCUT2D eigenvalue weighted by Crippen LogP contribution is -2.56. The van der Waals surface area contributed by atoms with E-state index in [0.29, 0.717) is 19.1 Å². The lowest BCUT2D eigenvalue weighted by molar-refractivity contribution is 0.00502. The Morgan fingerprint density at radius 1 is 1.23 bits per heavy atom. The summed E-state index contributed by atoms with van der Waals surface area (Å²) >= 11 is 0. The molecule has 0 bridgehead atoms. The summed E-state index contributed by atoms with van der Waals surface area (Å²) in [5, 5.41) is 3.03. The third-order valence-corrected chi connectivity index (χ3v) is 8.44. The number of hydrogen-bond acceptors (Lipinski definition) is 6. The highest BCUT2D eigenvalue weighted by Gasteiger charge is 2.32. The van der Waals surface area contributed by atoms with Crippen LogP contribution in [0.2, 0.25) is 0 Å². The summed E-state index contributed by atoms with van der Waals surface area (Å²) in [7, 11) is -3.29. The van der Waals surface area contributed by atoms with Crippen molar-refractivity contribution in [3.05, 3.63) is 23.4 Å². The number of rotatable bonds is 9. The van der Waals surface area contributed by atoms with E-state index >= 15 is 0 Å². The molecular weight excluding hydrogens is 414 g/mol. The number of sulfonamides is 1. The van der Waals surface area contributed by atoms with E-state index in [1.165, 1.54) is 11.1 Å². The standard InChI is InChI=1S/C23H39N3O4S/c1-5-29-23-22(17(4)12-14-25-23)18-8-10-19(11-9-18)30-15-21-20(7-6-13-24-21)26-31(27,28)16(2)3/h12,14,16,18-21,24,26H,5-11,13,15H2,1-4H3/t18?,19?,20-,21-/m0/s1. The van der Waals surface area contributed by atoms with Gasteiger partial charge in [0.25, 0.3) is 0 Å². The van der Waals surface area contributed by atoms with Crippen molar-refractivity contribution in [3.8, 4) is 5.88 Å². The van der Waals surface area contributed by atoms with Crippen LogP contribution in [0.25, 0.3) is 0 Å². The Kier molecular flexibility index (Phi) is 8.73. The van der Waals surface area contributed by atoms with E-state index in [1.807, 2.05) is 13.1 Å². The van der Waals surface area contributed by atoms with E-state index in [1.54, 1.807) is 13.8 Å². The molecule has 1 aliphatic carbocycles. The Morgan fingerprint density at radius 3 is 2.65 bits per heavy atom. The number of aryl methyl sites for hydroxylation is 1. The van der Waals surface area contributed by atoms with Crippen LogP contribution in [0.1, 0.15) is 76.3 Å². The maximum atomic E-state index is 12.3. The molecule has 0 amide bonds. The van der Waals surface area contributed by atoms with Crippen LogP contribution in [0.15, 0.2) is 12.3 Å². The van der Waals surface area contributed by atoms with Crippen molar-refractivity contribution < 1.29 is 17.9 Å². The van der Waals surface area contributed by atoms with Crippen LogP contribution in [0.3, 0.4) is 0 Å². The van der Waals surface area contributed by atoms with Crippen molar-refractivity contribution in [3.63, 3.8) is 0 Å². The van der Waals surface area contributed by atoms with Gasteiger partial charge in [-0.15, -0.1) is 0 Å². The summed E-state index contributed by atoms with van der Waals surface area (Å²) < 4.78 is 39.6. The molecule has 1 saturated carbocycles. The second kappa shape index (κ2) is 11.1. The van der Waals surface area contributed by atoms with Gasteiger partial charge in [-0.1, -0.05) is 0 Å². The molecule has 176 valence electrons. The van der Waals surface area contributed by atoms with Crippen LogP contribution in [-0.4, -0.2) is 56.6 Å². The van der Waals surface area contributed by atoms with Crippen molar-refractivity contribution in [2.24, 2.45) is 0 Å². The fourth-order valence-electron chi connectivity index (χ4n) is 4.67. The van der Waals surface area contributed by atoms with Gasteiger partial charge >= 0.3 is 0 Å². The van der Waals surface area contributed by atoms with E-state index in [4.69, 9.17) is 9.47 Å². The molecule has 2 N–H and O–H groups in total. The van der Waals surface area contributed by atoms with Crippen molar-refractivity contribution in [2.75, 3.05) is 19.8 Å². The minimum absolute atomic E-state index is 0.0186. The molecule has 1 aromatic rings. The van der Waals surface area contributed by atoms with Crippen molar-refractivity contribution in [1.29, 1.82) is 0 Å². The van der Waals surface area contributed by atoms with Crippen molar-refractivity contribution in [2.45, 2.75) is 95.6 Å². The lowest BCUT2D eigenvalue weighted by Gasteiger charge is -2.35. The first-order valence-corrected chi connectivity index (χ1v) is 13.3. The number of hydrogen-bond donors (Lipinski definition) is 2. The summed E-state index contributed by atoms with van der Waals surface area (Å²) in [6.45, 7) is 9.62. The SMILES string of the molecule is CCOc1nccc(C)c1C1CCC(OC[C@@H]2NCCC[C@@H]2NS(=O)(=O)C(C)C)CC1. The molecule has 1 aromatic heterocycles. The van der Waals surface area contributed by atoms with Gasteiger partial charge in [0.2, 0.25) is 15.9 Å². The molecule has 7 nitrogen and oxygen atoms in total. The first kappa shape index (κ1) is 24.4. The van der Waals surface area contributed by atoms with Crippen molar-refractivity contribution >= 4 is 10.0 Å². The second-order valence-corrected chi connectivity index (χ2v) is 11.4. The van der Waals surface area contributed by atoms with E-state index < -0.39 is 15.3 Å². The average molecular weight is 454 g/mol. The van der Waals surface area contributed by atoms with Gasteiger partial charge in [-0.05, 0) is 90.3 Å². The Bertz CT molecular complexity index is 807. The second-order valence-electron chi connectivity index (χ2n) is 9.11. The molecule has 3 rings (SSSR count). The highest BCUT2D eigenvalue weighted by molar-refractivity contribution is 7.90. The minimum atomic E-state index is -3.29. The monoisotopic (exact) mass is 453 g/mol. The number of piperidine rings is 1. The Morgan fingerprint density at radius 2 is 1.97 bits per heavy atom. The zero-order valence-electron chi connectivity index (χ0n) is 19.4. The number of nitrogens with zero attached hydrogens (tertiary/aromatic N) is 1. The maximum Gasteiger partial charge on any atom is 0.217 e. The molecule has 31 heavy (non-hydrogen) atoms. The fraction of sp³-hybridized carbons (Fsp3) is 0.783. The highest BCUT2D eigenvalue weighted by atomic mass is 32.2. The van der Waals surface area contributed by atoms with Crippen LogP contribution in [0, 0.1) is 6.92 Å². The van der Waals surface area contributed by atoms with Gasteiger partial charge < -0.3 is 14.8 Å². The first-order chi connectivity index (χ1) is 14.8. The average Bonchev–Trinajstić information content (AvgIpc) is 2.74. The van der Waals surface area contributed by atoms with Crippen LogP contribution >= 0.6 is 0 Å². The van der Waals surface area contributed by atoms with Crippen LogP contribution < -0.4 is 14.8 Å². The number of nitrogens with one attached hydrogen (secondary N) is 2. The number of aromatic nitrogens is 1. The largest absolute Gasteiger partial charge is 0.478 e.